The topological polar surface area (TPSA) is 69.7 Å². The Hall–Kier alpha value is -3.73. The van der Waals surface area contributed by atoms with Crippen LogP contribution in [0, 0.1) is 6.92 Å². The summed E-state index contributed by atoms with van der Waals surface area (Å²) in [6.45, 7) is 6.14. The van der Waals surface area contributed by atoms with Crippen molar-refractivity contribution in [2.45, 2.75) is 46.5 Å². The molecule has 3 aromatic carbocycles. The molecule has 0 radical (unpaired) electrons. The van der Waals surface area contributed by atoms with Gasteiger partial charge in [0.05, 0.1) is 13.2 Å². The molecular formula is C30H32O5. The highest BCUT2D eigenvalue weighted by Gasteiger charge is 2.15. The van der Waals surface area contributed by atoms with E-state index in [1.807, 2.05) is 24.3 Å². The smallest absolute Gasteiger partial charge is 0.193 e. The number of Topliss-reactive ketones (excluding diaryl/α,β-unsaturated/α-hetero) is 2. The normalized spacial score (nSPS) is 10.6. The summed E-state index contributed by atoms with van der Waals surface area (Å²) in [6, 6.07) is 19.6. The number of aryl methyl sites for hydroxylation is 1. The Labute approximate surface area is 207 Å². The van der Waals surface area contributed by atoms with Crippen LogP contribution in [0.4, 0.5) is 0 Å². The van der Waals surface area contributed by atoms with Crippen LogP contribution in [0.3, 0.4) is 0 Å². The molecule has 0 atom stereocenters. The summed E-state index contributed by atoms with van der Waals surface area (Å²) in [6.07, 6.45) is 3.98. The SMILES string of the molecule is CC(=O)c1cc(C(C)=O)cc(C(=O)c2cccc(OCCCCCCOc3cccc(C)c3)c2)c1. The molecule has 0 saturated carbocycles. The van der Waals surface area contributed by atoms with Gasteiger partial charge in [-0.05, 0) is 94.5 Å². The lowest BCUT2D eigenvalue weighted by Gasteiger charge is -2.10. The summed E-state index contributed by atoms with van der Waals surface area (Å²) in [5.41, 5.74) is 2.64. The number of ketones is 3. The average Bonchev–Trinajstić information content (AvgIpc) is 2.85. The highest BCUT2D eigenvalue weighted by atomic mass is 16.5. The highest BCUT2D eigenvalue weighted by molar-refractivity contribution is 6.12. The second-order valence-corrected chi connectivity index (χ2v) is 8.70. The zero-order valence-electron chi connectivity index (χ0n) is 20.6. The molecule has 0 bridgehead atoms. The third-order valence-corrected chi connectivity index (χ3v) is 5.67. The molecule has 0 aliphatic heterocycles. The van der Waals surface area contributed by atoms with Crippen molar-refractivity contribution in [2.75, 3.05) is 13.2 Å². The van der Waals surface area contributed by atoms with Gasteiger partial charge in [0, 0.05) is 22.3 Å². The van der Waals surface area contributed by atoms with Crippen molar-refractivity contribution in [2.24, 2.45) is 0 Å². The van der Waals surface area contributed by atoms with E-state index in [9.17, 15) is 14.4 Å². The van der Waals surface area contributed by atoms with Crippen LogP contribution < -0.4 is 9.47 Å². The maximum atomic E-state index is 13.1. The summed E-state index contributed by atoms with van der Waals surface area (Å²) >= 11 is 0. The molecule has 5 heteroatoms. The standard InChI is InChI=1S/C30H32O5/c1-21-10-8-12-28(16-21)34-14-6-4-5-7-15-35-29-13-9-11-24(20-29)30(33)27-18-25(22(2)31)17-26(19-27)23(3)32/h8-13,16-20H,4-7,14-15H2,1-3H3. The third kappa shape index (κ3) is 7.92. The molecule has 0 heterocycles. The van der Waals surface area contributed by atoms with E-state index in [1.54, 1.807) is 18.2 Å². The Morgan fingerprint density at radius 2 is 1.11 bits per heavy atom. The van der Waals surface area contributed by atoms with Gasteiger partial charge < -0.3 is 9.47 Å². The van der Waals surface area contributed by atoms with E-state index in [-0.39, 0.29) is 17.3 Å². The van der Waals surface area contributed by atoms with E-state index in [0.717, 1.165) is 31.4 Å². The van der Waals surface area contributed by atoms with Gasteiger partial charge in [-0.25, -0.2) is 0 Å². The van der Waals surface area contributed by atoms with Gasteiger partial charge in [-0.15, -0.1) is 0 Å². The van der Waals surface area contributed by atoms with E-state index in [0.29, 0.717) is 41.2 Å². The number of unbranched alkanes of at least 4 members (excludes halogenated alkanes) is 3. The van der Waals surface area contributed by atoms with Gasteiger partial charge in [-0.3, -0.25) is 14.4 Å². The molecule has 0 spiro atoms. The molecule has 0 saturated heterocycles. The van der Waals surface area contributed by atoms with Crippen LogP contribution in [0.5, 0.6) is 11.5 Å². The Bertz CT molecular complexity index is 1160. The average molecular weight is 473 g/mol. The fraction of sp³-hybridized carbons (Fsp3) is 0.300. The first kappa shape index (κ1) is 25.9. The van der Waals surface area contributed by atoms with Crippen LogP contribution in [0.15, 0.2) is 66.7 Å². The lowest BCUT2D eigenvalue weighted by atomic mass is 9.96. The summed E-state index contributed by atoms with van der Waals surface area (Å²) in [4.78, 5) is 36.7. The molecule has 3 aromatic rings. The zero-order valence-corrected chi connectivity index (χ0v) is 20.6. The van der Waals surface area contributed by atoms with Crippen molar-refractivity contribution in [1.29, 1.82) is 0 Å². The molecule has 0 aromatic heterocycles. The molecule has 0 unspecified atom stereocenters. The largest absolute Gasteiger partial charge is 0.494 e. The fourth-order valence-corrected chi connectivity index (χ4v) is 3.70. The van der Waals surface area contributed by atoms with Gasteiger partial charge in [0.25, 0.3) is 0 Å². The van der Waals surface area contributed by atoms with E-state index in [1.165, 1.54) is 37.6 Å². The van der Waals surface area contributed by atoms with Crippen LogP contribution in [-0.4, -0.2) is 30.6 Å². The van der Waals surface area contributed by atoms with Crippen LogP contribution in [-0.2, 0) is 0 Å². The maximum absolute atomic E-state index is 13.1. The minimum Gasteiger partial charge on any atom is -0.494 e. The van der Waals surface area contributed by atoms with Gasteiger partial charge in [0.15, 0.2) is 17.3 Å². The van der Waals surface area contributed by atoms with Crippen molar-refractivity contribution in [3.8, 4) is 11.5 Å². The van der Waals surface area contributed by atoms with E-state index in [2.05, 4.69) is 13.0 Å². The van der Waals surface area contributed by atoms with Crippen LogP contribution >= 0.6 is 0 Å². The number of hydrogen-bond acceptors (Lipinski definition) is 5. The minimum absolute atomic E-state index is 0.194. The third-order valence-electron chi connectivity index (χ3n) is 5.67. The number of carbonyl (C=O) groups is 3. The quantitative estimate of drug-likeness (QED) is 0.206. The molecule has 0 N–H and O–H groups in total. The minimum atomic E-state index is -0.255. The molecule has 0 aliphatic carbocycles. The number of carbonyl (C=O) groups excluding carboxylic acids is 3. The second-order valence-electron chi connectivity index (χ2n) is 8.70. The molecule has 0 amide bonds. The van der Waals surface area contributed by atoms with Crippen molar-refractivity contribution >= 4 is 17.3 Å². The summed E-state index contributed by atoms with van der Waals surface area (Å²) in [5, 5.41) is 0. The van der Waals surface area contributed by atoms with E-state index >= 15 is 0 Å². The first-order chi connectivity index (χ1) is 16.8. The number of benzene rings is 3. The predicted molar refractivity (Wildman–Crippen MR) is 137 cm³/mol. The first-order valence-electron chi connectivity index (χ1n) is 12.0. The Morgan fingerprint density at radius 3 is 1.66 bits per heavy atom. The number of ether oxygens (including phenoxy) is 2. The van der Waals surface area contributed by atoms with Gasteiger partial charge in [0.2, 0.25) is 0 Å². The molecular weight excluding hydrogens is 440 g/mol. The summed E-state index contributed by atoms with van der Waals surface area (Å²) < 4.78 is 11.6. The molecule has 0 aliphatic rings. The van der Waals surface area contributed by atoms with E-state index in [4.69, 9.17) is 9.47 Å². The van der Waals surface area contributed by atoms with Crippen molar-refractivity contribution < 1.29 is 23.9 Å². The van der Waals surface area contributed by atoms with Crippen molar-refractivity contribution in [1.82, 2.24) is 0 Å². The molecule has 35 heavy (non-hydrogen) atoms. The van der Waals surface area contributed by atoms with Crippen LogP contribution in [0.1, 0.15) is 81.7 Å². The summed E-state index contributed by atoms with van der Waals surface area (Å²) in [5.74, 6) is 0.887. The van der Waals surface area contributed by atoms with Gasteiger partial charge >= 0.3 is 0 Å². The van der Waals surface area contributed by atoms with Crippen molar-refractivity contribution in [3.05, 3.63) is 94.5 Å². The Morgan fingerprint density at radius 1 is 0.600 bits per heavy atom. The van der Waals surface area contributed by atoms with Gasteiger partial charge in [-0.2, -0.15) is 0 Å². The second kappa shape index (κ2) is 12.7. The molecule has 3 rings (SSSR count). The molecule has 0 fully saturated rings. The Balaban J connectivity index is 1.47. The summed E-state index contributed by atoms with van der Waals surface area (Å²) in [7, 11) is 0. The molecule has 5 nitrogen and oxygen atoms in total. The van der Waals surface area contributed by atoms with Gasteiger partial charge in [0.1, 0.15) is 11.5 Å². The van der Waals surface area contributed by atoms with Crippen molar-refractivity contribution in [3.63, 3.8) is 0 Å². The van der Waals surface area contributed by atoms with Gasteiger partial charge in [-0.1, -0.05) is 24.3 Å². The number of hydrogen-bond donors (Lipinski definition) is 0. The van der Waals surface area contributed by atoms with E-state index < -0.39 is 0 Å². The maximum Gasteiger partial charge on any atom is 0.193 e. The fourth-order valence-electron chi connectivity index (χ4n) is 3.70. The molecule has 182 valence electrons. The van der Waals surface area contributed by atoms with Crippen LogP contribution in [0.2, 0.25) is 0 Å². The monoisotopic (exact) mass is 472 g/mol. The first-order valence-corrected chi connectivity index (χ1v) is 12.0. The highest BCUT2D eigenvalue weighted by Crippen LogP contribution is 2.20. The van der Waals surface area contributed by atoms with Crippen LogP contribution in [0.25, 0.3) is 0 Å². The number of rotatable bonds is 13. The lowest BCUT2D eigenvalue weighted by Crippen LogP contribution is -2.07. The predicted octanol–water partition coefficient (Wildman–Crippen LogP) is 6.65. The lowest BCUT2D eigenvalue weighted by molar-refractivity contribution is 0.101. The Kier molecular flexibility index (Phi) is 9.36. The zero-order chi connectivity index (χ0) is 25.2.